The first-order chi connectivity index (χ1) is 11.9. The van der Waals surface area contributed by atoms with Gasteiger partial charge in [-0.2, -0.15) is 0 Å². The topological polar surface area (TPSA) is 58.2 Å². The van der Waals surface area contributed by atoms with Crippen molar-refractivity contribution in [3.05, 3.63) is 65.0 Å². The minimum Gasteiger partial charge on any atom is -0.352 e. The van der Waals surface area contributed by atoms with Crippen molar-refractivity contribution >= 4 is 17.5 Å². The molecule has 5 heteroatoms. The average molecular weight is 340 g/mol. The molecule has 130 valence electrons. The number of hydrogen-bond acceptors (Lipinski definition) is 2. The van der Waals surface area contributed by atoms with E-state index in [1.807, 2.05) is 32.0 Å². The van der Waals surface area contributed by atoms with Gasteiger partial charge in [-0.15, -0.1) is 0 Å². The number of hydrogen-bond donors (Lipinski definition) is 2. The summed E-state index contributed by atoms with van der Waals surface area (Å²) in [6.45, 7) is 4.35. The molecule has 1 fully saturated rings. The van der Waals surface area contributed by atoms with Gasteiger partial charge in [-0.05, 0) is 61.2 Å². The molecule has 2 N–H and O–H groups in total. The van der Waals surface area contributed by atoms with Crippen LogP contribution in [-0.4, -0.2) is 11.8 Å². The van der Waals surface area contributed by atoms with Crippen molar-refractivity contribution in [3.8, 4) is 0 Å². The lowest BCUT2D eigenvalue weighted by Gasteiger charge is -2.08. The first-order valence-electron chi connectivity index (χ1n) is 8.34. The van der Waals surface area contributed by atoms with Crippen LogP contribution >= 0.6 is 0 Å². The highest BCUT2D eigenvalue weighted by Crippen LogP contribution is 2.39. The Hall–Kier alpha value is -2.69. The number of aryl methyl sites for hydroxylation is 2. The number of anilines is 1. The summed E-state index contributed by atoms with van der Waals surface area (Å²) in [6.07, 6.45) is 0.561. The Morgan fingerprint density at radius 2 is 1.68 bits per heavy atom. The number of amides is 2. The van der Waals surface area contributed by atoms with Gasteiger partial charge in [0.25, 0.3) is 0 Å². The van der Waals surface area contributed by atoms with Gasteiger partial charge < -0.3 is 10.6 Å². The lowest BCUT2D eigenvalue weighted by molar-refractivity contribution is -0.125. The molecule has 0 aromatic heterocycles. The molecule has 0 radical (unpaired) electrons. The van der Waals surface area contributed by atoms with Crippen LogP contribution in [0.3, 0.4) is 0 Å². The van der Waals surface area contributed by atoms with Crippen LogP contribution in [0, 0.1) is 31.5 Å². The largest absolute Gasteiger partial charge is 0.352 e. The quantitative estimate of drug-likeness (QED) is 0.877. The zero-order valence-corrected chi connectivity index (χ0v) is 14.3. The van der Waals surface area contributed by atoms with Crippen molar-refractivity contribution in [1.29, 1.82) is 0 Å². The Morgan fingerprint density at radius 3 is 2.36 bits per heavy atom. The van der Waals surface area contributed by atoms with Crippen molar-refractivity contribution in [2.45, 2.75) is 26.8 Å². The van der Waals surface area contributed by atoms with E-state index >= 15 is 0 Å². The maximum absolute atomic E-state index is 12.9. The third-order valence-corrected chi connectivity index (χ3v) is 4.62. The molecule has 2 amide bonds. The standard InChI is InChI=1S/C20H21FN2O2/c1-12-3-8-16(9-13(12)2)23-20(25)18-10-17(18)19(24)22-11-14-4-6-15(21)7-5-14/h3-9,17-18H,10-11H2,1-2H3,(H,22,24)(H,23,25). The number of nitrogens with one attached hydrogen (secondary N) is 2. The van der Waals surface area contributed by atoms with Crippen LogP contribution in [0.25, 0.3) is 0 Å². The van der Waals surface area contributed by atoms with Crippen LogP contribution in [0.4, 0.5) is 10.1 Å². The first kappa shape index (κ1) is 17.1. The van der Waals surface area contributed by atoms with Gasteiger partial charge in [-0.3, -0.25) is 9.59 Å². The summed E-state index contributed by atoms with van der Waals surface area (Å²) in [5.74, 6) is -1.13. The second-order valence-electron chi connectivity index (χ2n) is 6.58. The van der Waals surface area contributed by atoms with Crippen LogP contribution in [0.5, 0.6) is 0 Å². The molecule has 2 aromatic rings. The monoisotopic (exact) mass is 340 g/mol. The number of halogens is 1. The van der Waals surface area contributed by atoms with Crippen LogP contribution < -0.4 is 10.6 Å². The van der Waals surface area contributed by atoms with E-state index in [9.17, 15) is 14.0 Å². The van der Waals surface area contributed by atoms with Gasteiger partial charge in [-0.1, -0.05) is 18.2 Å². The van der Waals surface area contributed by atoms with Gasteiger partial charge >= 0.3 is 0 Å². The molecule has 1 aliphatic rings. The molecule has 0 bridgehead atoms. The smallest absolute Gasteiger partial charge is 0.228 e. The summed E-state index contributed by atoms with van der Waals surface area (Å²) in [5, 5.41) is 5.68. The van der Waals surface area contributed by atoms with Crippen molar-refractivity contribution in [1.82, 2.24) is 5.32 Å². The van der Waals surface area contributed by atoms with Gasteiger partial charge in [0.15, 0.2) is 0 Å². The normalized spacial score (nSPS) is 18.5. The number of carbonyl (C=O) groups excluding carboxylic acids is 2. The highest BCUT2D eigenvalue weighted by Gasteiger charge is 2.47. The zero-order chi connectivity index (χ0) is 18.0. The van der Waals surface area contributed by atoms with Crippen LogP contribution in [0.2, 0.25) is 0 Å². The van der Waals surface area contributed by atoms with Gasteiger partial charge in [0, 0.05) is 12.2 Å². The second kappa shape index (κ2) is 7.05. The van der Waals surface area contributed by atoms with Crippen LogP contribution in [0.1, 0.15) is 23.1 Å². The fourth-order valence-electron chi connectivity index (χ4n) is 2.75. The third kappa shape index (κ3) is 4.24. The molecular formula is C20H21FN2O2. The van der Waals surface area contributed by atoms with E-state index in [1.54, 1.807) is 12.1 Å². The molecule has 25 heavy (non-hydrogen) atoms. The minimum absolute atomic E-state index is 0.120. The molecule has 4 nitrogen and oxygen atoms in total. The maximum Gasteiger partial charge on any atom is 0.228 e. The summed E-state index contributed by atoms with van der Waals surface area (Å²) < 4.78 is 12.9. The predicted molar refractivity (Wildman–Crippen MR) is 94.4 cm³/mol. The zero-order valence-electron chi connectivity index (χ0n) is 14.3. The molecule has 2 aromatic carbocycles. The Kier molecular flexibility index (Phi) is 4.83. The van der Waals surface area contributed by atoms with Gasteiger partial charge in [0.2, 0.25) is 11.8 Å². The Morgan fingerprint density at radius 1 is 1.00 bits per heavy atom. The molecular weight excluding hydrogens is 319 g/mol. The Bertz CT molecular complexity index is 802. The van der Waals surface area contributed by atoms with Crippen LogP contribution in [-0.2, 0) is 16.1 Å². The van der Waals surface area contributed by atoms with Crippen molar-refractivity contribution in [2.24, 2.45) is 11.8 Å². The van der Waals surface area contributed by atoms with E-state index in [4.69, 9.17) is 0 Å². The summed E-state index contributed by atoms with van der Waals surface area (Å²) in [6, 6.07) is 11.7. The van der Waals surface area contributed by atoms with Crippen molar-refractivity contribution in [3.63, 3.8) is 0 Å². The summed E-state index contributed by atoms with van der Waals surface area (Å²) >= 11 is 0. The predicted octanol–water partition coefficient (Wildman–Crippen LogP) is 3.33. The molecule has 2 atom stereocenters. The molecule has 3 rings (SSSR count). The molecule has 0 heterocycles. The average Bonchev–Trinajstić information content (AvgIpc) is 3.38. The van der Waals surface area contributed by atoms with Crippen molar-refractivity contribution < 1.29 is 14.0 Å². The van der Waals surface area contributed by atoms with E-state index in [2.05, 4.69) is 10.6 Å². The fraction of sp³-hybridized carbons (Fsp3) is 0.300. The SMILES string of the molecule is Cc1ccc(NC(=O)C2CC2C(=O)NCc2ccc(F)cc2)cc1C. The molecule has 1 aliphatic carbocycles. The van der Waals surface area contributed by atoms with E-state index in [1.165, 1.54) is 17.7 Å². The summed E-state index contributed by atoms with van der Waals surface area (Å²) in [5.41, 5.74) is 3.86. The summed E-state index contributed by atoms with van der Waals surface area (Å²) in [7, 11) is 0. The Balaban J connectivity index is 1.49. The molecule has 0 saturated heterocycles. The number of benzene rings is 2. The summed E-state index contributed by atoms with van der Waals surface area (Å²) in [4.78, 5) is 24.4. The second-order valence-corrected chi connectivity index (χ2v) is 6.58. The van der Waals surface area contributed by atoms with Gasteiger partial charge in [-0.25, -0.2) is 4.39 Å². The van der Waals surface area contributed by atoms with Crippen LogP contribution in [0.15, 0.2) is 42.5 Å². The molecule has 0 aliphatic heterocycles. The van der Waals surface area contributed by atoms with Gasteiger partial charge in [0.1, 0.15) is 5.82 Å². The highest BCUT2D eigenvalue weighted by atomic mass is 19.1. The molecule has 1 saturated carbocycles. The molecule has 0 spiro atoms. The fourth-order valence-corrected chi connectivity index (χ4v) is 2.75. The molecule has 2 unspecified atom stereocenters. The highest BCUT2D eigenvalue weighted by molar-refractivity contribution is 5.99. The lowest BCUT2D eigenvalue weighted by atomic mass is 10.1. The lowest BCUT2D eigenvalue weighted by Crippen LogP contribution is -2.27. The number of rotatable bonds is 5. The van der Waals surface area contributed by atoms with E-state index in [-0.39, 0.29) is 29.5 Å². The first-order valence-corrected chi connectivity index (χ1v) is 8.34. The number of carbonyl (C=O) groups is 2. The van der Waals surface area contributed by atoms with E-state index < -0.39 is 0 Å². The maximum atomic E-state index is 12.9. The van der Waals surface area contributed by atoms with E-state index in [0.29, 0.717) is 13.0 Å². The third-order valence-electron chi connectivity index (χ3n) is 4.62. The van der Waals surface area contributed by atoms with E-state index in [0.717, 1.165) is 16.8 Å². The van der Waals surface area contributed by atoms with Crippen molar-refractivity contribution in [2.75, 3.05) is 5.32 Å². The van der Waals surface area contributed by atoms with Gasteiger partial charge in [0.05, 0.1) is 11.8 Å². The Labute approximate surface area is 146 Å². The minimum atomic E-state index is -0.305.